The number of carbonyl (C=O) groups is 1. The fourth-order valence-corrected chi connectivity index (χ4v) is 4.89. The third-order valence-corrected chi connectivity index (χ3v) is 6.71. The Labute approximate surface area is 206 Å². The van der Waals surface area contributed by atoms with Gasteiger partial charge in [0.1, 0.15) is 23.8 Å². The lowest BCUT2D eigenvalue weighted by atomic mass is 9.90. The minimum atomic E-state index is -0.497. The number of oxime groups is 1. The lowest BCUT2D eigenvalue weighted by Crippen LogP contribution is -2.50. The molecule has 0 N–H and O–H groups in total. The van der Waals surface area contributed by atoms with Crippen molar-refractivity contribution in [2.45, 2.75) is 13.0 Å². The van der Waals surface area contributed by atoms with Crippen LogP contribution in [0.25, 0.3) is 6.08 Å². The van der Waals surface area contributed by atoms with Crippen LogP contribution < -0.4 is 9.47 Å². The van der Waals surface area contributed by atoms with E-state index in [4.69, 9.17) is 14.3 Å². The zero-order valence-electron chi connectivity index (χ0n) is 20.1. The summed E-state index contributed by atoms with van der Waals surface area (Å²) >= 11 is 0. The number of rotatable bonds is 7. The standard InChI is InChI=1S/C28H31N3O4/c1-3-27(32)34-22-9-10-23-25(16-22)33-19-24-26(35-29-28(23)24)18-31-13-11-30(12-14-31)17-20(2)15-21-7-5-4-6-8-21/h3-10,15-16,24,26H,1,11-14,17-19H2,2H3/b20-15+/t24-,26-/m0/s1. The van der Waals surface area contributed by atoms with Gasteiger partial charge in [-0.3, -0.25) is 9.80 Å². The summed E-state index contributed by atoms with van der Waals surface area (Å²) in [5.41, 5.74) is 4.44. The van der Waals surface area contributed by atoms with Crippen molar-refractivity contribution < 1.29 is 19.1 Å². The molecule has 1 saturated heterocycles. The van der Waals surface area contributed by atoms with Gasteiger partial charge in [-0.25, -0.2) is 4.79 Å². The normalized spacial score (nSPS) is 22.3. The van der Waals surface area contributed by atoms with Crippen LogP contribution in [-0.4, -0.2) is 73.5 Å². The molecule has 7 nitrogen and oxygen atoms in total. The van der Waals surface area contributed by atoms with Crippen molar-refractivity contribution in [2.75, 3.05) is 45.9 Å². The van der Waals surface area contributed by atoms with Gasteiger partial charge in [0.25, 0.3) is 0 Å². The Morgan fingerprint density at radius 1 is 1.14 bits per heavy atom. The minimum Gasteiger partial charge on any atom is -0.492 e. The molecule has 3 aliphatic heterocycles. The molecule has 2 atom stereocenters. The van der Waals surface area contributed by atoms with Crippen LogP contribution in [0.3, 0.4) is 0 Å². The second-order valence-electron chi connectivity index (χ2n) is 9.30. The third-order valence-electron chi connectivity index (χ3n) is 6.71. The molecule has 2 aromatic carbocycles. The van der Waals surface area contributed by atoms with E-state index < -0.39 is 5.97 Å². The molecular weight excluding hydrogens is 442 g/mol. The summed E-state index contributed by atoms with van der Waals surface area (Å²) in [6.07, 6.45) is 3.38. The number of fused-ring (bicyclic) bond motifs is 3. The fourth-order valence-electron chi connectivity index (χ4n) is 4.89. The molecule has 1 fully saturated rings. The van der Waals surface area contributed by atoms with Crippen molar-refractivity contribution in [3.8, 4) is 11.5 Å². The number of esters is 1. The van der Waals surface area contributed by atoms with Crippen LogP contribution in [0.1, 0.15) is 18.1 Å². The Balaban J connectivity index is 1.13. The smallest absolute Gasteiger partial charge is 0.335 e. The highest BCUT2D eigenvalue weighted by atomic mass is 16.6. The summed E-state index contributed by atoms with van der Waals surface area (Å²) in [7, 11) is 0. The van der Waals surface area contributed by atoms with E-state index in [0.29, 0.717) is 18.1 Å². The van der Waals surface area contributed by atoms with Crippen molar-refractivity contribution >= 4 is 17.8 Å². The molecule has 35 heavy (non-hydrogen) atoms. The maximum Gasteiger partial charge on any atom is 0.335 e. The average Bonchev–Trinajstić information content (AvgIpc) is 3.28. The highest BCUT2D eigenvalue weighted by Crippen LogP contribution is 2.36. The van der Waals surface area contributed by atoms with Crippen LogP contribution >= 0.6 is 0 Å². The van der Waals surface area contributed by atoms with Gasteiger partial charge in [0.2, 0.25) is 0 Å². The maximum atomic E-state index is 11.5. The van der Waals surface area contributed by atoms with E-state index in [1.54, 1.807) is 12.1 Å². The average molecular weight is 474 g/mol. The summed E-state index contributed by atoms with van der Waals surface area (Å²) in [6, 6.07) is 15.8. The molecule has 0 saturated carbocycles. The first-order valence-electron chi connectivity index (χ1n) is 12.1. The highest BCUT2D eigenvalue weighted by molar-refractivity contribution is 6.06. The third kappa shape index (κ3) is 5.47. The van der Waals surface area contributed by atoms with Crippen molar-refractivity contribution in [1.29, 1.82) is 0 Å². The number of hydrogen-bond acceptors (Lipinski definition) is 7. The number of hydrogen-bond donors (Lipinski definition) is 0. The van der Waals surface area contributed by atoms with Crippen molar-refractivity contribution in [3.63, 3.8) is 0 Å². The van der Waals surface area contributed by atoms with Gasteiger partial charge in [-0.2, -0.15) is 0 Å². The van der Waals surface area contributed by atoms with Crippen LogP contribution in [-0.2, 0) is 9.63 Å². The monoisotopic (exact) mass is 473 g/mol. The Bertz CT molecular complexity index is 1140. The minimum absolute atomic E-state index is 0.0253. The van der Waals surface area contributed by atoms with E-state index in [-0.39, 0.29) is 12.0 Å². The van der Waals surface area contributed by atoms with E-state index in [1.807, 2.05) is 12.1 Å². The Morgan fingerprint density at radius 3 is 2.69 bits per heavy atom. The number of ether oxygens (including phenoxy) is 2. The van der Waals surface area contributed by atoms with Gasteiger partial charge in [-0.1, -0.05) is 53.7 Å². The largest absolute Gasteiger partial charge is 0.492 e. The first kappa shape index (κ1) is 23.3. The van der Waals surface area contributed by atoms with Crippen LogP contribution in [0.4, 0.5) is 0 Å². The van der Waals surface area contributed by atoms with Gasteiger partial charge < -0.3 is 14.3 Å². The fraction of sp³-hybridized carbons (Fsp3) is 0.357. The van der Waals surface area contributed by atoms with E-state index in [1.165, 1.54) is 11.1 Å². The van der Waals surface area contributed by atoms with Crippen molar-refractivity contribution in [2.24, 2.45) is 11.1 Å². The predicted molar refractivity (Wildman–Crippen MR) is 136 cm³/mol. The molecule has 0 aliphatic carbocycles. The number of benzene rings is 2. The number of piperazine rings is 1. The summed E-state index contributed by atoms with van der Waals surface area (Å²) < 4.78 is 11.2. The van der Waals surface area contributed by atoms with E-state index >= 15 is 0 Å². The quantitative estimate of drug-likeness (QED) is 0.348. The summed E-state index contributed by atoms with van der Waals surface area (Å²) in [4.78, 5) is 22.3. The molecule has 2 aromatic rings. The van der Waals surface area contributed by atoms with E-state index in [0.717, 1.165) is 56.6 Å². The zero-order valence-corrected chi connectivity index (χ0v) is 20.1. The second-order valence-corrected chi connectivity index (χ2v) is 9.30. The Morgan fingerprint density at radius 2 is 1.91 bits per heavy atom. The van der Waals surface area contributed by atoms with Gasteiger partial charge >= 0.3 is 5.97 Å². The van der Waals surface area contributed by atoms with E-state index in [9.17, 15) is 4.79 Å². The van der Waals surface area contributed by atoms with E-state index in [2.05, 4.69) is 58.8 Å². The molecule has 3 heterocycles. The first-order valence-corrected chi connectivity index (χ1v) is 12.1. The molecular formula is C28H31N3O4. The zero-order chi connectivity index (χ0) is 24.2. The predicted octanol–water partition coefficient (Wildman–Crippen LogP) is 3.61. The number of nitrogens with zero attached hydrogens (tertiary/aromatic N) is 3. The summed E-state index contributed by atoms with van der Waals surface area (Å²) in [6.45, 7) is 12.1. The topological polar surface area (TPSA) is 63.6 Å². The van der Waals surface area contributed by atoms with Gasteiger partial charge in [-0.05, 0) is 24.6 Å². The van der Waals surface area contributed by atoms with Crippen LogP contribution in [0.15, 0.2) is 71.9 Å². The second kappa shape index (κ2) is 10.5. The molecule has 5 rings (SSSR count). The van der Waals surface area contributed by atoms with Crippen LogP contribution in [0.2, 0.25) is 0 Å². The molecule has 7 heteroatoms. The molecule has 0 radical (unpaired) electrons. The lowest BCUT2D eigenvalue weighted by Gasteiger charge is -2.36. The molecule has 182 valence electrons. The summed E-state index contributed by atoms with van der Waals surface area (Å²) in [5, 5.41) is 4.42. The van der Waals surface area contributed by atoms with Gasteiger partial charge in [-0.15, -0.1) is 0 Å². The molecule has 0 unspecified atom stereocenters. The van der Waals surface area contributed by atoms with Gasteiger partial charge in [0, 0.05) is 57.0 Å². The number of carbonyl (C=O) groups excluding carboxylic acids is 1. The summed E-state index contributed by atoms with van der Waals surface area (Å²) in [5.74, 6) is 0.682. The highest BCUT2D eigenvalue weighted by Gasteiger charge is 2.41. The van der Waals surface area contributed by atoms with Crippen LogP contribution in [0, 0.1) is 5.92 Å². The maximum absolute atomic E-state index is 11.5. The first-order chi connectivity index (χ1) is 17.1. The molecule has 0 aromatic heterocycles. The van der Waals surface area contributed by atoms with Crippen molar-refractivity contribution in [1.82, 2.24) is 9.80 Å². The van der Waals surface area contributed by atoms with Crippen LogP contribution in [0.5, 0.6) is 11.5 Å². The lowest BCUT2D eigenvalue weighted by molar-refractivity contribution is -0.128. The SMILES string of the molecule is C=CC(=O)Oc1ccc2c(c1)OC[C@@H]1C2=NO[C@H]1CN1CCN(C/C(C)=C/c2ccccc2)CC1. The molecule has 0 spiro atoms. The van der Waals surface area contributed by atoms with Gasteiger partial charge in [0.05, 0.1) is 5.92 Å². The Kier molecular flexibility index (Phi) is 6.97. The van der Waals surface area contributed by atoms with Crippen molar-refractivity contribution in [3.05, 3.63) is 77.9 Å². The molecule has 3 aliphatic rings. The van der Waals surface area contributed by atoms with Gasteiger partial charge in [0.15, 0.2) is 6.10 Å². The molecule has 0 bridgehead atoms. The molecule has 0 amide bonds. The Hall–Kier alpha value is -3.42.